The summed E-state index contributed by atoms with van der Waals surface area (Å²) in [6.07, 6.45) is -3.00. The maximum Gasteiger partial charge on any atom is 0.410 e. The molecule has 0 bridgehead atoms. The molecule has 0 heterocycles. The van der Waals surface area contributed by atoms with Crippen molar-refractivity contribution in [3.63, 3.8) is 0 Å². The Morgan fingerprint density at radius 1 is 1.17 bits per heavy atom. The molecule has 1 amide bonds. The number of likely N-dealkylation sites (N-methyl/N-ethyl adjacent to an activating group) is 1. The van der Waals surface area contributed by atoms with Crippen LogP contribution in [0.25, 0.3) is 0 Å². The molecule has 0 aromatic carbocycles. The van der Waals surface area contributed by atoms with Gasteiger partial charge in [0.05, 0.1) is 5.92 Å². The predicted molar refractivity (Wildman–Crippen MR) is 83.3 cm³/mol. The van der Waals surface area contributed by atoms with E-state index >= 15 is 0 Å². The second-order valence-corrected chi connectivity index (χ2v) is 7.10. The average Bonchev–Trinajstić information content (AvgIpc) is 2.41. The zero-order valence-electron chi connectivity index (χ0n) is 14.5. The summed E-state index contributed by atoms with van der Waals surface area (Å²) in [6, 6.07) is 0.103. The summed E-state index contributed by atoms with van der Waals surface area (Å²) < 4.78 is 43.2. The first-order valence-corrected chi connectivity index (χ1v) is 8.31. The number of ether oxygens (including phenoxy) is 1. The lowest BCUT2D eigenvalue weighted by molar-refractivity contribution is -0.182. The van der Waals surface area contributed by atoms with Gasteiger partial charge in [0.25, 0.3) is 0 Å². The molecule has 0 spiro atoms. The number of alkyl halides is 3. The highest BCUT2D eigenvalue weighted by Crippen LogP contribution is 2.37. The molecule has 0 unspecified atom stereocenters. The number of carbonyl (C=O) groups is 1. The van der Waals surface area contributed by atoms with Crippen molar-refractivity contribution in [1.29, 1.82) is 0 Å². The van der Waals surface area contributed by atoms with Crippen LogP contribution in [0.4, 0.5) is 18.0 Å². The van der Waals surface area contributed by atoms with Crippen LogP contribution in [0.1, 0.15) is 53.4 Å². The topological polar surface area (TPSA) is 41.6 Å². The Morgan fingerprint density at radius 2 is 1.74 bits per heavy atom. The molecule has 0 saturated heterocycles. The molecule has 23 heavy (non-hydrogen) atoms. The van der Waals surface area contributed by atoms with Gasteiger partial charge in [-0.05, 0) is 53.4 Å². The van der Waals surface area contributed by atoms with Gasteiger partial charge in [-0.2, -0.15) is 13.2 Å². The van der Waals surface area contributed by atoms with Crippen molar-refractivity contribution in [3.8, 4) is 0 Å². The van der Waals surface area contributed by atoms with E-state index in [1.54, 1.807) is 4.90 Å². The maximum absolute atomic E-state index is 12.6. The van der Waals surface area contributed by atoms with Crippen molar-refractivity contribution in [2.24, 2.45) is 5.92 Å². The number of amides is 1. The zero-order chi connectivity index (χ0) is 17.7. The van der Waals surface area contributed by atoms with Gasteiger partial charge in [0, 0.05) is 25.7 Å². The van der Waals surface area contributed by atoms with Gasteiger partial charge in [0.1, 0.15) is 5.60 Å². The first-order chi connectivity index (χ1) is 10.5. The second kappa shape index (κ2) is 8.22. The van der Waals surface area contributed by atoms with Gasteiger partial charge >= 0.3 is 12.3 Å². The summed E-state index contributed by atoms with van der Waals surface area (Å²) in [4.78, 5) is 13.6. The van der Waals surface area contributed by atoms with Crippen LogP contribution in [0.5, 0.6) is 0 Å². The highest BCUT2D eigenvalue weighted by atomic mass is 19.4. The quantitative estimate of drug-likeness (QED) is 0.825. The number of nitrogens with zero attached hydrogens (tertiary/aromatic N) is 1. The van der Waals surface area contributed by atoms with Crippen LogP contribution in [-0.2, 0) is 4.74 Å². The van der Waals surface area contributed by atoms with E-state index in [-0.39, 0.29) is 25.0 Å². The summed E-state index contributed by atoms with van der Waals surface area (Å²) in [5.74, 6) is -1.16. The van der Waals surface area contributed by atoms with Gasteiger partial charge < -0.3 is 15.0 Å². The van der Waals surface area contributed by atoms with Crippen molar-refractivity contribution >= 4 is 6.09 Å². The van der Waals surface area contributed by atoms with Crippen molar-refractivity contribution in [1.82, 2.24) is 10.2 Å². The molecule has 7 heteroatoms. The molecular weight excluding hydrogens is 309 g/mol. The fourth-order valence-corrected chi connectivity index (χ4v) is 2.73. The number of rotatable bonds is 5. The highest BCUT2D eigenvalue weighted by molar-refractivity contribution is 5.68. The summed E-state index contributed by atoms with van der Waals surface area (Å²) in [5.41, 5.74) is -0.534. The first kappa shape index (κ1) is 20.1. The van der Waals surface area contributed by atoms with E-state index in [2.05, 4.69) is 5.32 Å². The zero-order valence-corrected chi connectivity index (χ0v) is 14.5. The highest BCUT2D eigenvalue weighted by Gasteiger charge is 2.41. The van der Waals surface area contributed by atoms with Gasteiger partial charge in [-0.25, -0.2) is 4.79 Å². The third kappa shape index (κ3) is 7.42. The van der Waals surface area contributed by atoms with Crippen molar-refractivity contribution in [2.75, 3.05) is 19.6 Å². The molecule has 0 aliphatic heterocycles. The Labute approximate surface area is 136 Å². The third-order valence-electron chi connectivity index (χ3n) is 4.04. The van der Waals surface area contributed by atoms with Gasteiger partial charge in [-0.1, -0.05) is 0 Å². The molecule has 0 radical (unpaired) electrons. The molecule has 0 aromatic rings. The van der Waals surface area contributed by atoms with Crippen LogP contribution in [0, 0.1) is 5.92 Å². The molecule has 0 atom stereocenters. The van der Waals surface area contributed by atoms with Crippen molar-refractivity contribution in [3.05, 3.63) is 0 Å². The summed E-state index contributed by atoms with van der Waals surface area (Å²) in [6.45, 7) is 8.91. The molecule has 1 saturated carbocycles. The number of hydrogen-bond donors (Lipinski definition) is 1. The van der Waals surface area contributed by atoms with E-state index in [0.29, 0.717) is 32.5 Å². The van der Waals surface area contributed by atoms with E-state index in [1.165, 1.54) is 0 Å². The molecule has 1 aliphatic carbocycles. The smallest absolute Gasteiger partial charge is 0.410 e. The number of hydrogen-bond acceptors (Lipinski definition) is 3. The van der Waals surface area contributed by atoms with Crippen LogP contribution in [0.2, 0.25) is 0 Å². The Morgan fingerprint density at radius 3 is 2.17 bits per heavy atom. The lowest BCUT2D eigenvalue weighted by Crippen LogP contribution is -2.43. The number of carbonyl (C=O) groups excluding carboxylic acids is 1. The minimum Gasteiger partial charge on any atom is -0.444 e. The van der Waals surface area contributed by atoms with Gasteiger partial charge in [0.2, 0.25) is 0 Å². The van der Waals surface area contributed by atoms with Crippen LogP contribution in [0.3, 0.4) is 0 Å². The van der Waals surface area contributed by atoms with Crippen molar-refractivity contribution < 1.29 is 22.7 Å². The molecular formula is C16H29F3N2O2. The Kier molecular flexibility index (Phi) is 7.17. The largest absolute Gasteiger partial charge is 0.444 e. The van der Waals surface area contributed by atoms with Gasteiger partial charge in [0.15, 0.2) is 0 Å². The van der Waals surface area contributed by atoms with Gasteiger partial charge in [-0.3, -0.25) is 0 Å². The molecule has 4 nitrogen and oxygen atoms in total. The lowest BCUT2D eigenvalue weighted by Gasteiger charge is -2.31. The SMILES string of the molecule is CCN(CCNC1CCC(C(F)(F)F)CC1)C(=O)OC(C)(C)C. The minimum absolute atomic E-state index is 0.103. The Balaban J connectivity index is 2.29. The standard InChI is InChI=1S/C16H29F3N2O2/c1-5-21(14(22)23-15(2,3)4)11-10-20-13-8-6-12(7-9-13)16(17,18)19/h12-13,20H,5-11H2,1-4H3. The van der Waals surface area contributed by atoms with Crippen LogP contribution in [-0.4, -0.2) is 48.4 Å². The molecule has 1 aliphatic rings. The van der Waals surface area contributed by atoms with Crippen LogP contribution >= 0.6 is 0 Å². The maximum atomic E-state index is 12.6. The minimum atomic E-state index is -4.07. The summed E-state index contributed by atoms with van der Waals surface area (Å²) in [5, 5.41) is 3.26. The lowest BCUT2D eigenvalue weighted by atomic mass is 9.85. The van der Waals surface area contributed by atoms with E-state index in [9.17, 15) is 18.0 Å². The Bertz CT molecular complexity index is 373. The van der Waals surface area contributed by atoms with E-state index in [4.69, 9.17) is 4.74 Å². The van der Waals surface area contributed by atoms with Crippen LogP contribution in [0.15, 0.2) is 0 Å². The number of halogens is 3. The monoisotopic (exact) mass is 338 g/mol. The Hall–Kier alpha value is -0.980. The molecule has 1 N–H and O–H groups in total. The van der Waals surface area contributed by atoms with E-state index in [0.717, 1.165) is 0 Å². The van der Waals surface area contributed by atoms with Crippen LogP contribution < -0.4 is 5.32 Å². The normalized spacial score (nSPS) is 22.7. The van der Waals surface area contributed by atoms with E-state index in [1.807, 2.05) is 27.7 Å². The van der Waals surface area contributed by atoms with Gasteiger partial charge in [-0.15, -0.1) is 0 Å². The molecule has 136 valence electrons. The molecule has 0 aromatic heterocycles. The average molecular weight is 338 g/mol. The van der Waals surface area contributed by atoms with Crippen molar-refractivity contribution in [2.45, 2.75) is 71.2 Å². The fourth-order valence-electron chi connectivity index (χ4n) is 2.73. The molecule has 1 rings (SSSR count). The van der Waals surface area contributed by atoms with E-state index < -0.39 is 17.7 Å². The summed E-state index contributed by atoms with van der Waals surface area (Å²) >= 11 is 0. The first-order valence-electron chi connectivity index (χ1n) is 8.31. The molecule has 1 fully saturated rings. The fraction of sp³-hybridized carbons (Fsp3) is 0.938. The predicted octanol–water partition coefficient (Wildman–Crippen LogP) is 3.95. The third-order valence-corrected chi connectivity index (χ3v) is 4.04. The number of nitrogens with one attached hydrogen (secondary N) is 1. The summed E-state index contributed by atoms with van der Waals surface area (Å²) in [7, 11) is 0. The second-order valence-electron chi connectivity index (χ2n) is 7.10.